The van der Waals surface area contributed by atoms with E-state index in [1.54, 1.807) is 36.4 Å². The number of halogens is 1. The van der Waals surface area contributed by atoms with Crippen LogP contribution < -0.4 is 9.47 Å². The van der Waals surface area contributed by atoms with Crippen LogP contribution in [-0.4, -0.2) is 25.8 Å². The highest BCUT2D eigenvalue weighted by Gasteiger charge is 2.39. The molecular formula is C17H13BrO4. The Morgan fingerprint density at radius 1 is 0.909 bits per heavy atom. The lowest BCUT2D eigenvalue weighted by Crippen LogP contribution is -2.13. The van der Waals surface area contributed by atoms with E-state index in [0.717, 1.165) is 0 Å². The summed E-state index contributed by atoms with van der Waals surface area (Å²) in [7, 11) is 3.05. The molecule has 0 saturated heterocycles. The number of ether oxygens (including phenoxy) is 2. The topological polar surface area (TPSA) is 52.6 Å². The molecule has 4 nitrogen and oxygen atoms in total. The lowest BCUT2D eigenvalue weighted by Gasteiger charge is -2.14. The van der Waals surface area contributed by atoms with Crippen LogP contribution in [0.5, 0.6) is 11.5 Å². The predicted molar refractivity (Wildman–Crippen MR) is 85.1 cm³/mol. The molecule has 0 atom stereocenters. The molecule has 22 heavy (non-hydrogen) atoms. The molecule has 0 unspecified atom stereocenters. The van der Waals surface area contributed by atoms with E-state index in [1.807, 2.05) is 0 Å². The molecule has 112 valence electrons. The Labute approximate surface area is 136 Å². The minimum atomic E-state index is -0.840. The van der Waals surface area contributed by atoms with Gasteiger partial charge in [-0.25, -0.2) is 0 Å². The van der Waals surface area contributed by atoms with Crippen molar-refractivity contribution in [2.45, 2.75) is 5.92 Å². The summed E-state index contributed by atoms with van der Waals surface area (Å²) in [4.78, 5) is 25.2. The van der Waals surface area contributed by atoms with Crippen molar-refractivity contribution in [2.24, 2.45) is 0 Å². The summed E-state index contributed by atoms with van der Waals surface area (Å²) in [6, 6.07) is 10.3. The maximum Gasteiger partial charge on any atom is 0.178 e. The van der Waals surface area contributed by atoms with Gasteiger partial charge in [-0.3, -0.25) is 9.59 Å². The second-order valence-electron chi connectivity index (χ2n) is 4.95. The Morgan fingerprint density at radius 3 is 1.77 bits per heavy atom. The molecule has 1 aliphatic rings. The first-order valence-corrected chi connectivity index (χ1v) is 7.46. The van der Waals surface area contributed by atoms with Crippen molar-refractivity contribution in [3.63, 3.8) is 0 Å². The van der Waals surface area contributed by atoms with E-state index in [9.17, 15) is 9.59 Å². The van der Waals surface area contributed by atoms with Crippen molar-refractivity contribution in [1.29, 1.82) is 0 Å². The van der Waals surface area contributed by atoms with Gasteiger partial charge in [-0.15, -0.1) is 0 Å². The van der Waals surface area contributed by atoms with Crippen LogP contribution in [0.25, 0.3) is 0 Å². The number of rotatable bonds is 3. The van der Waals surface area contributed by atoms with E-state index in [1.165, 1.54) is 14.2 Å². The lowest BCUT2D eigenvalue weighted by atomic mass is 9.94. The lowest BCUT2D eigenvalue weighted by molar-refractivity contribution is 0.0890. The highest BCUT2D eigenvalue weighted by Crippen LogP contribution is 2.41. The standard InChI is InChI=1S/C17H13BrO4/c1-21-12-7-9(8-13(22-2)15(12)18)14-16(19)10-5-3-4-6-11(10)17(14)20/h3-8,14H,1-2H3. The highest BCUT2D eigenvalue weighted by atomic mass is 79.9. The minimum absolute atomic E-state index is 0.188. The molecule has 0 aliphatic heterocycles. The van der Waals surface area contributed by atoms with Gasteiger partial charge in [0, 0.05) is 11.1 Å². The zero-order valence-corrected chi connectivity index (χ0v) is 13.6. The van der Waals surface area contributed by atoms with Crippen molar-refractivity contribution in [1.82, 2.24) is 0 Å². The molecule has 0 heterocycles. The van der Waals surface area contributed by atoms with Gasteiger partial charge >= 0.3 is 0 Å². The molecular weight excluding hydrogens is 348 g/mol. The molecule has 0 spiro atoms. The number of Topliss-reactive ketones (excluding diaryl/α,β-unsaturated/α-hetero) is 2. The normalized spacial score (nSPS) is 14.1. The Morgan fingerprint density at radius 2 is 1.36 bits per heavy atom. The van der Waals surface area contributed by atoms with Gasteiger partial charge in [-0.05, 0) is 33.6 Å². The maximum absolute atomic E-state index is 12.6. The van der Waals surface area contributed by atoms with E-state index < -0.39 is 5.92 Å². The van der Waals surface area contributed by atoms with Crippen LogP contribution in [0.1, 0.15) is 32.2 Å². The second kappa shape index (κ2) is 5.57. The van der Waals surface area contributed by atoms with Gasteiger partial charge in [0.15, 0.2) is 11.6 Å². The molecule has 2 aromatic carbocycles. The first kappa shape index (κ1) is 14.8. The van der Waals surface area contributed by atoms with Gasteiger partial charge in [0.2, 0.25) is 0 Å². The van der Waals surface area contributed by atoms with Crippen LogP contribution in [0.4, 0.5) is 0 Å². The molecule has 3 rings (SSSR count). The fraction of sp³-hybridized carbons (Fsp3) is 0.176. The summed E-state index contributed by atoms with van der Waals surface area (Å²) in [6.45, 7) is 0. The van der Waals surface area contributed by atoms with Gasteiger partial charge in [0.1, 0.15) is 21.9 Å². The van der Waals surface area contributed by atoms with Crippen LogP contribution in [0.15, 0.2) is 40.9 Å². The van der Waals surface area contributed by atoms with Crippen LogP contribution in [0, 0.1) is 0 Å². The first-order chi connectivity index (χ1) is 10.6. The van der Waals surface area contributed by atoms with Gasteiger partial charge in [-0.2, -0.15) is 0 Å². The Balaban J connectivity index is 2.14. The van der Waals surface area contributed by atoms with Gasteiger partial charge in [0.25, 0.3) is 0 Å². The molecule has 0 radical (unpaired) electrons. The molecule has 0 saturated carbocycles. The molecule has 2 aromatic rings. The molecule has 0 bridgehead atoms. The number of carbonyl (C=O) groups excluding carboxylic acids is 2. The molecule has 5 heteroatoms. The third kappa shape index (κ3) is 2.13. The summed E-state index contributed by atoms with van der Waals surface area (Å²) in [5.41, 5.74) is 1.51. The monoisotopic (exact) mass is 360 g/mol. The van der Waals surface area contributed by atoms with Crippen LogP contribution in [-0.2, 0) is 0 Å². The third-order valence-electron chi connectivity index (χ3n) is 3.78. The summed E-state index contributed by atoms with van der Waals surface area (Å²) in [5, 5.41) is 0. The first-order valence-electron chi connectivity index (χ1n) is 6.67. The average Bonchev–Trinajstić information content (AvgIpc) is 2.80. The van der Waals surface area contributed by atoms with Gasteiger partial charge in [0.05, 0.1) is 14.2 Å². The second-order valence-corrected chi connectivity index (χ2v) is 5.74. The molecule has 0 amide bonds. The number of ketones is 2. The fourth-order valence-electron chi connectivity index (χ4n) is 2.70. The van der Waals surface area contributed by atoms with E-state index in [4.69, 9.17) is 9.47 Å². The number of fused-ring (bicyclic) bond motifs is 1. The molecule has 1 aliphatic carbocycles. The number of hydrogen-bond donors (Lipinski definition) is 0. The zero-order chi connectivity index (χ0) is 15.9. The molecule has 0 aromatic heterocycles. The smallest absolute Gasteiger partial charge is 0.178 e. The zero-order valence-electron chi connectivity index (χ0n) is 12.1. The Hall–Kier alpha value is -2.14. The third-order valence-corrected chi connectivity index (χ3v) is 4.57. The summed E-state index contributed by atoms with van der Waals surface area (Å²) >= 11 is 3.38. The maximum atomic E-state index is 12.6. The quantitative estimate of drug-likeness (QED) is 0.784. The largest absolute Gasteiger partial charge is 0.495 e. The fourth-order valence-corrected chi connectivity index (χ4v) is 3.25. The van der Waals surface area contributed by atoms with E-state index in [-0.39, 0.29) is 11.6 Å². The Bertz CT molecular complexity index is 722. The number of methoxy groups -OCH3 is 2. The van der Waals surface area contributed by atoms with E-state index in [0.29, 0.717) is 32.7 Å². The van der Waals surface area contributed by atoms with Crippen molar-refractivity contribution >= 4 is 27.5 Å². The predicted octanol–water partition coefficient (Wildman–Crippen LogP) is 3.63. The summed E-state index contributed by atoms with van der Waals surface area (Å²) in [6.07, 6.45) is 0. The molecule has 0 N–H and O–H groups in total. The van der Waals surface area contributed by atoms with Crippen LogP contribution in [0.3, 0.4) is 0 Å². The van der Waals surface area contributed by atoms with Gasteiger partial charge in [-0.1, -0.05) is 24.3 Å². The Kier molecular flexibility index (Phi) is 3.74. The highest BCUT2D eigenvalue weighted by molar-refractivity contribution is 9.10. The minimum Gasteiger partial charge on any atom is -0.495 e. The average molecular weight is 361 g/mol. The number of benzene rings is 2. The van der Waals surface area contributed by atoms with E-state index >= 15 is 0 Å². The van der Waals surface area contributed by atoms with Crippen molar-refractivity contribution < 1.29 is 19.1 Å². The number of hydrogen-bond acceptors (Lipinski definition) is 4. The van der Waals surface area contributed by atoms with Gasteiger partial charge < -0.3 is 9.47 Å². The van der Waals surface area contributed by atoms with Crippen molar-refractivity contribution in [3.8, 4) is 11.5 Å². The summed E-state index contributed by atoms with van der Waals surface area (Å²) < 4.78 is 11.2. The van der Waals surface area contributed by atoms with E-state index in [2.05, 4.69) is 15.9 Å². The van der Waals surface area contributed by atoms with Crippen molar-refractivity contribution in [2.75, 3.05) is 14.2 Å². The van der Waals surface area contributed by atoms with Crippen LogP contribution in [0.2, 0.25) is 0 Å². The van der Waals surface area contributed by atoms with Crippen molar-refractivity contribution in [3.05, 3.63) is 57.6 Å². The SMILES string of the molecule is COc1cc(C2C(=O)c3ccccc3C2=O)cc(OC)c1Br. The molecule has 0 fully saturated rings. The number of carbonyl (C=O) groups is 2. The summed E-state index contributed by atoms with van der Waals surface area (Å²) in [5.74, 6) is -0.177. The van der Waals surface area contributed by atoms with Crippen LogP contribution >= 0.6 is 15.9 Å².